The number of ether oxygens (including phenoxy) is 1. The molecule has 0 radical (unpaired) electrons. The van der Waals surface area contributed by atoms with Crippen molar-refractivity contribution < 1.29 is 17.9 Å². The number of aromatic nitrogens is 1. The molecule has 0 spiro atoms. The fourth-order valence-corrected chi connectivity index (χ4v) is 5.61. The Hall–Kier alpha value is -2.32. The third-order valence-corrected chi connectivity index (χ3v) is 7.71. The molecule has 8 heteroatoms. The van der Waals surface area contributed by atoms with Crippen LogP contribution in [-0.4, -0.2) is 55.2 Å². The fraction of sp³-hybridized carbons (Fsp3) is 0.500. The van der Waals surface area contributed by atoms with Crippen molar-refractivity contribution in [3.8, 4) is 11.4 Å². The molecule has 164 valence electrons. The van der Waals surface area contributed by atoms with Gasteiger partial charge in [0.2, 0.25) is 10.0 Å². The zero-order valence-electron chi connectivity index (χ0n) is 18.1. The number of hydrogen-bond acceptors (Lipinski definition) is 4. The zero-order valence-corrected chi connectivity index (χ0v) is 19.0. The molecular weight excluding hydrogens is 402 g/mol. The predicted octanol–water partition coefficient (Wildman–Crippen LogP) is 3.04. The fourth-order valence-electron chi connectivity index (χ4n) is 4.07. The Labute approximate surface area is 179 Å². The number of carbonyl (C=O) groups is 1. The van der Waals surface area contributed by atoms with Crippen LogP contribution < -0.4 is 10.1 Å². The van der Waals surface area contributed by atoms with E-state index in [-0.39, 0.29) is 17.7 Å². The number of nitrogens with one attached hydrogen (secondary N) is 1. The van der Waals surface area contributed by atoms with E-state index in [1.807, 2.05) is 55.7 Å². The summed E-state index contributed by atoms with van der Waals surface area (Å²) in [6.45, 7) is 6.68. The van der Waals surface area contributed by atoms with E-state index in [1.165, 1.54) is 0 Å². The van der Waals surface area contributed by atoms with Gasteiger partial charge in [-0.15, -0.1) is 0 Å². The SMILES string of the molecule is CCCS(=O)(=O)N1CCC(NC(=O)c2cc(C)n(-c3cccc(OC)c3)c2C)CC1. The van der Waals surface area contributed by atoms with Gasteiger partial charge in [0.05, 0.1) is 18.4 Å². The normalized spacial score (nSPS) is 15.9. The summed E-state index contributed by atoms with van der Waals surface area (Å²) < 4.78 is 33.4. The van der Waals surface area contributed by atoms with E-state index in [9.17, 15) is 13.2 Å². The average molecular weight is 434 g/mol. The highest BCUT2D eigenvalue weighted by molar-refractivity contribution is 7.89. The molecule has 0 unspecified atom stereocenters. The molecule has 1 fully saturated rings. The number of amides is 1. The lowest BCUT2D eigenvalue weighted by atomic mass is 10.1. The van der Waals surface area contributed by atoms with E-state index in [2.05, 4.69) is 5.32 Å². The van der Waals surface area contributed by atoms with Gasteiger partial charge >= 0.3 is 0 Å². The number of hydrogen-bond donors (Lipinski definition) is 1. The van der Waals surface area contributed by atoms with E-state index in [4.69, 9.17) is 4.74 Å². The second-order valence-electron chi connectivity index (χ2n) is 7.78. The summed E-state index contributed by atoms with van der Waals surface area (Å²) in [5, 5.41) is 3.10. The number of sulfonamides is 1. The summed E-state index contributed by atoms with van der Waals surface area (Å²) in [7, 11) is -1.54. The number of piperidine rings is 1. The largest absolute Gasteiger partial charge is 0.497 e. The van der Waals surface area contributed by atoms with E-state index >= 15 is 0 Å². The first kappa shape index (κ1) is 22.4. The maximum atomic E-state index is 13.0. The van der Waals surface area contributed by atoms with Crippen LogP contribution in [0.3, 0.4) is 0 Å². The molecule has 3 rings (SSSR count). The van der Waals surface area contributed by atoms with Crippen molar-refractivity contribution in [2.75, 3.05) is 26.0 Å². The van der Waals surface area contributed by atoms with Crippen molar-refractivity contribution in [1.82, 2.24) is 14.2 Å². The van der Waals surface area contributed by atoms with Gasteiger partial charge in [-0.2, -0.15) is 0 Å². The molecule has 1 aliphatic rings. The molecule has 2 aromatic rings. The van der Waals surface area contributed by atoms with E-state index in [0.29, 0.717) is 37.9 Å². The molecule has 7 nitrogen and oxygen atoms in total. The smallest absolute Gasteiger partial charge is 0.253 e. The van der Waals surface area contributed by atoms with Crippen LogP contribution in [0.1, 0.15) is 47.9 Å². The molecule has 0 saturated carbocycles. The molecule has 1 saturated heterocycles. The van der Waals surface area contributed by atoms with Gasteiger partial charge in [-0.1, -0.05) is 13.0 Å². The van der Waals surface area contributed by atoms with Crippen LogP contribution in [0.4, 0.5) is 0 Å². The lowest BCUT2D eigenvalue weighted by Crippen LogP contribution is -2.47. The quantitative estimate of drug-likeness (QED) is 0.728. The topological polar surface area (TPSA) is 80.6 Å². The summed E-state index contributed by atoms with van der Waals surface area (Å²) in [4.78, 5) is 13.0. The molecule has 2 heterocycles. The standard InChI is InChI=1S/C22H31N3O4S/c1-5-13-30(27,28)24-11-9-18(10-12-24)23-22(26)21-14-16(2)25(17(21)3)19-7-6-8-20(15-19)29-4/h6-8,14-15,18H,5,9-13H2,1-4H3,(H,23,26). The van der Waals surface area contributed by atoms with Crippen LogP contribution in [0.15, 0.2) is 30.3 Å². The highest BCUT2D eigenvalue weighted by Gasteiger charge is 2.28. The Bertz CT molecular complexity index is 1010. The van der Waals surface area contributed by atoms with Gasteiger partial charge in [0.25, 0.3) is 5.91 Å². The number of rotatable bonds is 7. The number of benzene rings is 1. The monoisotopic (exact) mass is 433 g/mol. The minimum absolute atomic E-state index is 0.0227. The third kappa shape index (κ3) is 4.70. The van der Waals surface area contributed by atoms with E-state index < -0.39 is 10.0 Å². The Kier molecular flexibility index (Phi) is 6.88. The Balaban J connectivity index is 1.70. The van der Waals surface area contributed by atoms with Crippen LogP contribution in [0, 0.1) is 13.8 Å². The van der Waals surface area contributed by atoms with Gasteiger partial charge in [-0.05, 0) is 51.3 Å². The molecule has 1 aromatic heterocycles. The van der Waals surface area contributed by atoms with Crippen molar-refractivity contribution in [2.24, 2.45) is 0 Å². The van der Waals surface area contributed by atoms with Gasteiger partial charge in [0.15, 0.2) is 0 Å². The van der Waals surface area contributed by atoms with Crippen molar-refractivity contribution in [3.05, 3.63) is 47.3 Å². The molecule has 1 aliphatic heterocycles. The highest BCUT2D eigenvalue weighted by atomic mass is 32.2. The van der Waals surface area contributed by atoms with Crippen LogP contribution in [0.25, 0.3) is 5.69 Å². The molecule has 0 bridgehead atoms. The molecule has 1 amide bonds. The van der Waals surface area contributed by atoms with E-state index in [1.54, 1.807) is 11.4 Å². The van der Waals surface area contributed by atoms with Crippen molar-refractivity contribution >= 4 is 15.9 Å². The maximum absolute atomic E-state index is 13.0. The van der Waals surface area contributed by atoms with Crippen LogP contribution in [0.2, 0.25) is 0 Å². The Morgan fingerprint density at radius 1 is 1.20 bits per heavy atom. The van der Waals surface area contributed by atoms with E-state index in [0.717, 1.165) is 22.8 Å². The zero-order chi connectivity index (χ0) is 21.9. The highest BCUT2D eigenvalue weighted by Crippen LogP contribution is 2.24. The molecule has 30 heavy (non-hydrogen) atoms. The second kappa shape index (κ2) is 9.22. The van der Waals surface area contributed by atoms with Crippen molar-refractivity contribution in [1.29, 1.82) is 0 Å². The van der Waals surface area contributed by atoms with Gasteiger partial charge in [-0.3, -0.25) is 4.79 Å². The number of aryl methyl sites for hydroxylation is 1. The number of nitrogens with zero attached hydrogens (tertiary/aromatic N) is 2. The third-order valence-electron chi connectivity index (χ3n) is 5.63. The lowest BCUT2D eigenvalue weighted by Gasteiger charge is -2.31. The maximum Gasteiger partial charge on any atom is 0.253 e. The van der Waals surface area contributed by atoms with Crippen LogP contribution in [0.5, 0.6) is 5.75 Å². The van der Waals surface area contributed by atoms with Gasteiger partial charge in [0, 0.05) is 42.3 Å². The second-order valence-corrected chi connectivity index (χ2v) is 9.87. The van der Waals surface area contributed by atoms with Gasteiger partial charge in [-0.25, -0.2) is 12.7 Å². The summed E-state index contributed by atoms with van der Waals surface area (Å²) >= 11 is 0. The number of carbonyl (C=O) groups excluding carboxylic acids is 1. The first-order valence-corrected chi connectivity index (χ1v) is 12.0. The van der Waals surface area contributed by atoms with Crippen LogP contribution in [-0.2, 0) is 10.0 Å². The summed E-state index contributed by atoms with van der Waals surface area (Å²) in [5.74, 6) is 0.822. The lowest BCUT2D eigenvalue weighted by molar-refractivity contribution is 0.0923. The Morgan fingerprint density at radius 2 is 1.90 bits per heavy atom. The Morgan fingerprint density at radius 3 is 2.53 bits per heavy atom. The molecule has 1 aromatic carbocycles. The predicted molar refractivity (Wildman–Crippen MR) is 118 cm³/mol. The van der Waals surface area contributed by atoms with Gasteiger partial charge < -0.3 is 14.6 Å². The molecular formula is C22H31N3O4S. The summed E-state index contributed by atoms with van der Waals surface area (Å²) in [6, 6.07) is 9.60. The van der Waals surface area contributed by atoms with Crippen molar-refractivity contribution in [2.45, 2.75) is 46.1 Å². The van der Waals surface area contributed by atoms with Gasteiger partial charge in [0.1, 0.15) is 5.75 Å². The van der Waals surface area contributed by atoms with Crippen molar-refractivity contribution in [3.63, 3.8) is 0 Å². The molecule has 1 N–H and O–H groups in total. The number of methoxy groups -OCH3 is 1. The minimum atomic E-state index is -3.18. The molecule has 0 atom stereocenters. The first-order valence-electron chi connectivity index (χ1n) is 10.4. The first-order chi connectivity index (χ1) is 14.3. The molecule has 0 aliphatic carbocycles. The summed E-state index contributed by atoms with van der Waals surface area (Å²) in [6.07, 6.45) is 1.87. The summed E-state index contributed by atoms with van der Waals surface area (Å²) in [5.41, 5.74) is 3.40. The average Bonchev–Trinajstić information content (AvgIpc) is 3.02. The minimum Gasteiger partial charge on any atom is -0.497 e. The van der Waals surface area contributed by atoms with Crippen LogP contribution >= 0.6 is 0 Å².